The van der Waals surface area contributed by atoms with Crippen LogP contribution in [0.15, 0.2) is 71.5 Å². The predicted octanol–water partition coefficient (Wildman–Crippen LogP) is 5.15. The first kappa shape index (κ1) is 37.3. The summed E-state index contributed by atoms with van der Waals surface area (Å²) in [5, 5.41) is 7.50. The van der Waals surface area contributed by atoms with Crippen LogP contribution >= 0.6 is 11.3 Å². The number of allylic oxidation sites excluding steroid dienone is 3. The van der Waals surface area contributed by atoms with Gasteiger partial charge in [0.15, 0.2) is 5.13 Å². The summed E-state index contributed by atoms with van der Waals surface area (Å²) in [7, 11) is 7.09. The van der Waals surface area contributed by atoms with Gasteiger partial charge in [-0.2, -0.15) is 13.2 Å². The lowest BCUT2D eigenvalue weighted by Crippen LogP contribution is -2.29. The number of hydrogen-bond acceptors (Lipinski definition) is 9. The summed E-state index contributed by atoms with van der Waals surface area (Å²) in [6.07, 6.45) is 7.18. The van der Waals surface area contributed by atoms with Crippen molar-refractivity contribution in [1.29, 1.82) is 0 Å². The molecule has 0 saturated heterocycles. The Labute approximate surface area is 278 Å². The third-order valence-corrected chi connectivity index (χ3v) is 8.40. The molecule has 10 nitrogen and oxygen atoms in total. The summed E-state index contributed by atoms with van der Waals surface area (Å²) in [5.41, 5.74) is 8.40. The quantitative estimate of drug-likeness (QED) is 0.146. The molecule has 14 heteroatoms. The smallest absolute Gasteiger partial charge is 0.373 e. The number of nitrogens with zero attached hydrogens (tertiary/aromatic N) is 4. The van der Waals surface area contributed by atoms with Gasteiger partial charge in [0.1, 0.15) is 0 Å². The second-order valence-electron chi connectivity index (χ2n) is 11.3. The molecule has 0 unspecified atom stereocenters. The number of thiazole rings is 1. The molecule has 0 spiro atoms. The number of nitrogens with two attached hydrogens (primary N) is 2. The molecule has 0 aliphatic heterocycles. The maximum Gasteiger partial charge on any atom is 0.420 e. The third-order valence-electron chi connectivity index (χ3n) is 7.53. The second-order valence-corrected chi connectivity index (χ2v) is 12.3. The van der Waals surface area contributed by atoms with E-state index in [4.69, 9.17) is 5.84 Å². The lowest BCUT2D eigenvalue weighted by Gasteiger charge is -2.23. The van der Waals surface area contributed by atoms with Gasteiger partial charge in [0, 0.05) is 67.9 Å². The van der Waals surface area contributed by atoms with Crippen LogP contribution in [0.1, 0.15) is 46.5 Å². The Morgan fingerprint density at radius 1 is 1.15 bits per heavy atom. The van der Waals surface area contributed by atoms with Crippen LogP contribution < -0.4 is 27.2 Å². The molecular formula is C33H43F3N8O2S. The van der Waals surface area contributed by atoms with Crippen LogP contribution in [0.3, 0.4) is 0 Å². The molecule has 2 aromatic rings. The molecule has 1 heterocycles. The fourth-order valence-electron chi connectivity index (χ4n) is 4.44. The van der Waals surface area contributed by atoms with Gasteiger partial charge in [0.2, 0.25) is 5.91 Å². The molecule has 47 heavy (non-hydrogen) atoms. The number of hydrogen-bond donors (Lipinski definition) is 4. The van der Waals surface area contributed by atoms with E-state index in [1.807, 2.05) is 30.8 Å². The Morgan fingerprint density at radius 3 is 2.51 bits per heavy atom. The summed E-state index contributed by atoms with van der Waals surface area (Å²) < 4.78 is 40.8. The molecule has 2 aliphatic rings. The fourth-order valence-corrected chi connectivity index (χ4v) is 5.16. The normalized spacial score (nSPS) is 17.2. The lowest BCUT2D eigenvalue weighted by atomic mass is 9.85. The Balaban J connectivity index is 0.00000294. The van der Waals surface area contributed by atoms with Gasteiger partial charge in [-0.1, -0.05) is 29.9 Å². The number of likely N-dealkylation sites (N-methyl/N-ethyl adjacent to an activating group) is 2. The molecule has 4 rings (SSSR count). The summed E-state index contributed by atoms with van der Waals surface area (Å²) in [5.74, 6) is 5.87. The molecule has 6 N–H and O–H groups in total. The third kappa shape index (κ3) is 10.9. The Hall–Kier alpha value is -4.20. The Bertz CT molecular complexity index is 1570. The molecule has 0 bridgehead atoms. The number of nitrogens with one attached hydrogen (secondary N) is 2. The number of aryl methyl sites for hydroxylation is 1. The highest BCUT2D eigenvalue weighted by atomic mass is 32.1. The minimum atomic E-state index is -4.55. The van der Waals surface area contributed by atoms with E-state index < -0.39 is 24.1 Å². The number of carbonyl (C=O) groups is 2. The summed E-state index contributed by atoms with van der Waals surface area (Å²) in [4.78, 5) is 34.3. The van der Waals surface area contributed by atoms with Crippen molar-refractivity contribution >= 4 is 40.0 Å². The van der Waals surface area contributed by atoms with Crippen LogP contribution in [0, 0.1) is 12.8 Å². The number of benzene rings is 1. The topological polar surface area (TPSA) is 133 Å². The van der Waals surface area contributed by atoms with E-state index in [9.17, 15) is 22.8 Å². The maximum absolute atomic E-state index is 13.6. The number of alkyl halides is 3. The standard InChI is InChI=1S/C32H38F3N7O2S.CH5N/c1-21-8-9-23(18-28(21)42(36)15-14-27-20-37-31(45-27)39-29(43)22-6-5-7-22)30(44)38-25-12-10-24(32(33,34)35)11-13-26(19-25)41(4)17-16-40(2)3;1-2/h8-9,12-15,18-20,22H,5-7,10,16-17,36H2,1-4H3,(H,38,44)(H,37,39,43);2H2,1H3/b15-14+,25-12+,26-19+;. The molecule has 254 valence electrons. The molecule has 1 saturated carbocycles. The molecule has 1 fully saturated rings. The molecule has 2 aliphatic carbocycles. The number of aromatic nitrogens is 1. The second kappa shape index (κ2) is 17.1. The summed E-state index contributed by atoms with van der Waals surface area (Å²) >= 11 is 1.32. The van der Waals surface area contributed by atoms with Crippen molar-refractivity contribution in [3.63, 3.8) is 0 Å². The van der Waals surface area contributed by atoms with E-state index in [-0.39, 0.29) is 23.1 Å². The zero-order valence-corrected chi connectivity index (χ0v) is 28.1. The predicted molar refractivity (Wildman–Crippen MR) is 182 cm³/mol. The minimum Gasteiger partial charge on any atom is -0.373 e. The van der Waals surface area contributed by atoms with E-state index in [1.165, 1.54) is 35.5 Å². The van der Waals surface area contributed by atoms with Crippen molar-refractivity contribution in [3.8, 4) is 0 Å². The highest BCUT2D eigenvalue weighted by Crippen LogP contribution is 2.30. The van der Waals surface area contributed by atoms with E-state index >= 15 is 0 Å². The average molecular weight is 673 g/mol. The fraction of sp³-hybridized carbons (Fsp3) is 0.394. The van der Waals surface area contributed by atoms with Crippen molar-refractivity contribution in [2.24, 2.45) is 17.5 Å². The van der Waals surface area contributed by atoms with Crippen molar-refractivity contribution in [2.45, 2.75) is 38.8 Å². The van der Waals surface area contributed by atoms with Crippen molar-refractivity contribution in [2.75, 3.05) is 51.6 Å². The van der Waals surface area contributed by atoms with Gasteiger partial charge in [0.25, 0.3) is 5.91 Å². The zero-order valence-electron chi connectivity index (χ0n) is 27.3. The molecule has 0 radical (unpaired) electrons. The summed E-state index contributed by atoms with van der Waals surface area (Å²) in [6, 6.07) is 4.99. The highest BCUT2D eigenvalue weighted by Gasteiger charge is 2.33. The first-order valence-corrected chi connectivity index (χ1v) is 15.9. The number of anilines is 2. The van der Waals surface area contributed by atoms with E-state index in [0.717, 1.165) is 29.7 Å². The van der Waals surface area contributed by atoms with Gasteiger partial charge in [-0.25, -0.2) is 10.8 Å². The number of halogens is 3. The van der Waals surface area contributed by atoms with Gasteiger partial charge in [0.05, 0.1) is 16.1 Å². The molecule has 1 aromatic heterocycles. The van der Waals surface area contributed by atoms with Crippen molar-refractivity contribution < 1.29 is 22.8 Å². The first-order valence-electron chi connectivity index (χ1n) is 15.1. The summed E-state index contributed by atoms with van der Waals surface area (Å²) in [6.45, 7) is 3.08. The van der Waals surface area contributed by atoms with Crippen LogP contribution in [-0.4, -0.2) is 74.1 Å². The van der Waals surface area contributed by atoms with Crippen molar-refractivity contribution in [1.82, 2.24) is 20.1 Å². The SMILES string of the molecule is CN.Cc1ccc(C(=O)NC2=C/CC(C(F)(F)F)=C=C/C(N(C)CCN(C)C)=C\2)cc1N(N)/C=C/c1cnc(NC(=O)C2CCC2)s1. The van der Waals surface area contributed by atoms with Crippen LogP contribution in [-0.2, 0) is 4.79 Å². The minimum absolute atomic E-state index is 0.00995. The van der Waals surface area contributed by atoms with E-state index in [0.29, 0.717) is 29.6 Å². The highest BCUT2D eigenvalue weighted by molar-refractivity contribution is 7.16. The first-order chi connectivity index (χ1) is 22.3. The van der Waals surface area contributed by atoms with Crippen LogP contribution in [0.5, 0.6) is 0 Å². The largest absolute Gasteiger partial charge is 0.420 e. The van der Waals surface area contributed by atoms with Gasteiger partial charge >= 0.3 is 6.18 Å². The van der Waals surface area contributed by atoms with Crippen molar-refractivity contribution in [3.05, 3.63) is 87.5 Å². The van der Waals surface area contributed by atoms with Gasteiger partial charge in [-0.15, -0.1) is 5.73 Å². The zero-order chi connectivity index (χ0) is 34.7. The van der Waals surface area contributed by atoms with Gasteiger partial charge < -0.3 is 26.2 Å². The monoisotopic (exact) mass is 672 g/mol. The van der Waals surface area contributed by atoms with E-state index in [2.05, 4.69) is 27.1 Å². The molecule has 0 atom stereocenters. The van der Waals surface area contributed by atoms with Gasteiger partial charge in [-0.3, -0.25) is 14.6 Å². The van der Waals surface area contributed by atoms with Crippen LogP contribution in [0.2, 0.25) is 0 Å². The molecular weight excluding hydrogens is 629 g/mol. The average Bonchev–Trinajstić information content (AvgIpc) is 3.42. The van der Waals surface area contributed by atoms with E-state index in [1.54, 1.807) is 49.8 Å². The Kier molecular flexibility index (Phi) is 13.6. The maximum atomic E-state index is 13.6. The molecule has 2 amide bonds. The number of carbonyl (C=O) groups excluding carboxylic acids is 2. The number of hydrazine groups is 1. The lowest BCUT2D eigenvalue weighted by molar-refractivity contribution is -0.122. The van der Waals surface area contributed by atoms with Crippen LogP contribution in [0.4, 0.5) is 24.0 Å². The molecule has 1 aromatic carbocycles. The Morgan fingerprint density at radius 2 is 1.87 bits per heavy atom. The van der Waals surface area contributed by atoms with Crippen LogP contribution in [0.25, 0.3) is 6.08 Å². The van der Waals surface area contributed by atoms with Gasteiger partial charge in [-0.05, 0) is 70.8 Å². The number of amides is 2. The number of rotatable bonds is 11.